The van der Waals surface area contributed by atoms with Crippen LogP contribution >= 0.6 is 0 Å². The van der Waals surface area contributed by atoms with E-state index in [9.17, 15) is 22.4 Å². The molecule has 1 aliphatic rings. The van der Waals surface area contributed by atoms with Crippen molar-refractivity contribution in [1.82, 2.24) is 20.2 Å². The van der Waals surface area contributed by atoms with E-state index >= 15 is 0 Å². The molecule has 1 aliphatic heterocycles. The Morgan fingerprint density at radius 3 is 2.81 bits per heavy atom. The second kappa shape index (κ2) is 11.3. The maximum atomic E-state index is 13.4. The van der Waals surface area contributed by atoms with Gasteiger partial charge in [-0.25, -0.2) is 9.37 Å². The number of amidine groups is 1. The molecule has 168 valence electrons. The van der Waals surface area contributed by atoms with Crippen molar-refractivity contribution in [3.05, 3.63) is 59.4 Å². The van der Waals surface area contributed by atoms with E-state index in [2.05, 4.69) is 9.97 Å². The fourth-order valence-electron chi connectivity index (χ4n) is 3.16. The van der Waals surface area contributed by atoms with Gasteiger partial charge >= 0.3 is 6.18 Å². The molecule has 31 heavy (non-hydrogen) atoms. The highest BCUT2D eigenvalue weighted by molar-refractivity contribution is 5.94. The number of halogens is 4. The first-order valence-electron chi connectivity index (χ1n) is 9.73. The molecule has 1 aromatic carbocycles. The minimum absolute atomic E-state index is 0.0752. The Hall–Kier alpha value is -3.17. The van der Waals surface area contributed by atoms with Gasteiger partial charge in [0.05, 0.1) is 12.5 Å². The summed E-state index contributed by atoms with van der Waals surface area (Å²) in [5, 5.41) is 10.2. The van der Waals surface area contributed by atoms with E-state index in [1.807, 2.05) is 23.2 Å². The van der Waals surface area contributed by atoms with Crippen LogP contribution in [0.4, 0.5) is 17.6 Å². The largest absolute Gasteiger partial charge is 0.390 e. The average molecular weight is 439 g/mol. The number of H-pyrrole nitrogens is 1. The maximum Gasteiger partial charge on any atom is 0.390 e. The number of amides is 1. The van der Waals surface area contributed by atoms with Crippen LogP contribution in [0.2, 0.25) is 0 Å². The number of nitrogens with one attached hydrogen (secondary N) is 3. The summed E-state index contributed by atoms with van der Waals surface area (Å²) in [7, 11) is 0. The van der Waals surface area contributed by atoms with Gasteiger partial charge in [-0.15, -0.1) is 0 Å². The van der Waals surface area contributed by atoms with Crippen LogP contribution in [0.5, 0.6) is 0 Å². The molecule has 0 radical (unpaired) electrons. The molecule has 3 N–H and O–H groups in total. The number of likely N-dealkylation sites (tertiary alicyclic amines) is 1. The predicted octanol–water partition coefficient (Wildman–Crippen LogP) is 4.37. The van der Waals surface area contributed by atoms with Crippen molar-refractivity contribution < 1.29 is 22.4 Å². The van der Waals surface area contributed by atoms with Gasteiger partial charge < -0.3 is 15.2 Å². The third kappa shape index (κ3) is 8.23. The summed E-state index contributed by atoms with van der Waals surface area (Å²) >= 11 is 0. The zero-order valence-electron chi connectivity index (χ0n) is 17.0. The molecule has 0 unspecified atom stereocenters. The molecular formula is C21H25F4N5O. The van der Waals surface area contributed by atoms with Crippen LogP contribution in [0.1, 0.15) is 42.4 Å². The number of hydrogen-bond donors (Lipinski definition) is 3. The molecule has 0 spiro atoms. The molecule has 0 aliphatic carbocycles. The fourth-order valence-corrected chi connectivity index (χ4v) is 3.16. The summed E-state index contributed by atoms with van der Waals surface area (Å²) in [5.74, 6) is 0.946. The first-order chi connectivity index (χ1) is 14.7. The molecule has 2 heterocycles. The second-order valence-corrected chi connectivity index (χ2v) is 7.01. The number of benzene rings is 1. The van der Waals surface area contributed by atoms with Gasteiger partial charge in [0.2, 0.25) is 6.41 Å². The molecule has 3 rings (SSSR count). The molecule has 1 fully saturated rings. The van der Waals surface area contributed by atoms with Gasteiger partial charge in [0.15, 0.2) is 0 Å². The molecule has 1 saturated heterocycles. The Bertz CT molecular complexity index is 894. The van der Waals surface area contributed by atoms with Gasteiger partial charge in [-0.3, -0.25) is 10.2 Å². The van der Waals surface area contributed by atoms with Crippen molar-refractivity contribution >= 4 is 18.3 Å². The number of carbonyl (C=O) groups excluding carboxylic acids is 1. The summed E-state index contributed by atoms with van der Waals surface area (Å²) in [4.78, 5) is 18.7. The highest BCUT2D eigenvalue weighted by Crippen LogP contribution is 2.32. The van der Waals surface area contributed by atoms with E-state index in [1.165, 1.54) is 6.07 Å². The topological polar surface area (TPSA) is 84.9 Å². The summed E-state index contributed by atoms with van der Waals surface area (Å²) in [5.41, 5.74) is 1.93. The Kier molecular flexibility index (Phi) is 8.77. The summed E-state index contributed by atoms with van der Waals surface area (Å²) in [6.45, 7) is 2.42. The van der Waals surface area contributed by atoms with Gasteiger partial charge in [0.1, 0.15) is 17.5 Å². The minimum atomic E-state index is -4.17. The maximum absolute atomic E-state index is 13.4. The highest BCUT2D eigenvalue weighted by atomic mass is 19.4. The number of nitrogens with zero attached hydrogens (tertiary/aromatic N) is 2. The molecule has 1 aromatic heterocycles. The third-order valence-electron chi connectivity index (χ3n) is 4.55. The van der Waals surface area contributed by atoms with Crippen molar-refractivity contribution in [3.63, 3.8) is 0 Å². The quantitative estimate of drug-likeness (QED) is 0.205. The lowest BCUT2D eigenvalue weighted by Gasteiger charge is -2.26. The van der Waals surface area contributed by atoms with Gasteiger partial charge in [0, 0.05) is 25.0 Å². The van der Waals surface area contributed by atoms with Crippen molar-refractivity contribution in [3.8, 4) is 0 Å². The zero-order valence-corrected chi connectivity index (χ0v) is 17.0. The van der Waals surface area contributed by atoms with Crippen LogP contribution in [0.25, 0.3) is 6.08 Å². The van der Waals surface area contributed by atoms with Gasteiger partial charge in [0.25, 0.3) is 0 Å². The van der Waals surface area contributed by atoms with Crippen molar-refractivity contribution in [2.75, 3.05) is 13.1 Å². The standard InChI is InChI=1S/C17H19FN4.C4H6F3NO/c1-12-11-20-17(21-12)8-7-16(19)22-9-3-6-15(22)13-4-2-5-14(18)10-13;5-4(6,7)1-2-8-3-9/h2,4-5,7-8,10-11,15,19H,3,6,9H2,1H3,(H,20,21);3H,1-2H2,(H,8,9)/b8-7-,19-16?;/t15-;/m1./s1. The Balaban J connectivity index is 0.000000323. The highest BCUT2D eigenvalue weighted by Gasteiger charge is 2.27. The van der Waals surface area contributed by atoms with Crippen LogP contribution in [0.3, 0.4) is 0 Å². The van der Waals surface area contributed by atoms with Crippen LogP contribution in [-0.2, 0) is 4.79 Å². The molecule has 1 atom stereocenters. The number of carbonyl (C=O) groups is 1. The molecule has 0 saturated carbocycles. The third-order valence-corrected chi connectivity index (χ3v) is 4.55. The molecule has 2 aromatic rings. The number of hydrogen-bond acceptors (Lipinski definition) is 3. The molecule has 0 bridgehead atoms. The Morgan fingerprint density at radius 2 is 2.19 bits per heavy atom. The van der Waals surface area contributed by atoms with E-state index in [4.69, 9.17) is 5.41 Å². The summed E-state index contributed by atoms with van der Waals surface area (Å²) in [6.07, 6.45) is 2.37. The smallest absolute Gasteiger partial charge is 0.358 e. The average Bonchev–Trinajstić information content (AvgIpc) is 3.35. The minimum Gasteiger partial charge on any atom is -0.358 e. The number of aryl methyl sites for hydroxylation is 1. The van der Waals surface area contributed by atoms with Crippen LogP contribution in [0, 0.1) is 18.2 Å². The number of aromatic nitrogens is 2. The predicted molar refractivity (Wildman–Crippen MR) is 110 cm³/mol. The Morgan fingerprint density at radius 1 is 1.42 bits per heavy atom. The number of alkyl halides is 3. The molecule has 6 nitrogen and oxygen atoms in total. The zero-order chi connectivity index (χ0) is 22.9. The number of imidazole rings is 1. The normalized spacial score (nSPS) is 16.2. The lowest BCUT2D eigenvalue weighted by atomic mass is 10.0. The van der Waals surface area contributed by atoms with Crippen LogP contribution < -0.4 is 5.32 Å². The second-order valence-electron chi connectivity index (χ2n) is 7.01. The fraction of sp³-hybridized carbons (Fsp3) is 0.381. The lowest BCUT2D eigenvalue weighted by Crippen LogP contribution is -2.28. The van der Waals surface area contributed by atoms with Crippen molar-refractivity contribution in [1.29, 1.82) is 5.41 Å². The SMILES string of the molecule is Cc1cnc(/C=C\C(=N)N2CCC[C@@H]2c2cccc(F)c2)[nH]1.O=CNCCC(F)(F)F. The Labute approximate surface area is 177 Å². The van der Waals surface area contributed by atoms with Crippen LogP contribution in [-0.4, -0.2) is 46.4 Å². The summed E-state index contributed by atoms with van der Waals surface area (Å²) < 4.78 is 47.1. The van der Waals surface area contributed by atoms with E-state index in [0.29, 0.717) is 5.84 Å². The number of aromatic amines is 1. The first kappa shape index (κ1) is 24.1. The molecule has 10 heteroatoms. The van der Waals surface area contributed by atoms with Gasteiger partial charge in [-0.2, -0.15) is 13.2 Å². The van der Waals surface area contributed by atoms with Crippen molar-refractivity contribution in [2.24, 2.45) is 0 Å². The number of rotatable bonds is 6. The van der Waals surface area contributed by atoms with E-state index < -0.39 is 12.6 Å². The lowest BCUT2D eigenvalue weighted by molar-refractivity contribution is -0.134. The first-order valence-corrected chi connectivity index (χ1v) is 9.73. The van der Waals surface area contributed by atoms with E-state index in [0.717, 1.165) is 36.5 Å². The monoisotopic (exact) mass is 439 g/mol. The van der Waals surface area contributed by atoms with Crippen molar-refractivity contribution in [2.45, 2.75) is 38.4 Å². The molecule has 1 amide bonds. The van der Waals surface area contributed by atoms with Gasteiger partial charge in [-0.05, 0) is 49.6 Å². The molecular weight excluding hydrogens is 414 g/mol. The summed E-state index contributed by atoms with van der Waals surface area (Å²) in [6, 6.07) is 6.75. The van der Waals surface area contributed by atoms with Gasteiger partial charge in [-0.1, -0.05) is 12.1 Å². The van der Waals surface area contributed by atoms with E-state index in [-0.39, 0.29) is 24.8 Å². The van der Waals surface area contributed by atoms with Crippen LogP contribution in [0.15, 0.2) is 36.5 Å². The van der Waals surface area contributed by atoms with E-state index in [1.54, 1.807) is 30.5 Å².